The molecule has 1 rings (SSSR count). The quantitative estimate of drug-likeness (QED) is 0.851. The summed E-state index contributed by atoms with van der Waals surface area (Å²) in [5.74, 6) is -0.474. The zero-order valence-corrected chi connectivity index (χ0v) is 13.3. The van der Waals surface area contributed by atoms with Crippen molar-refractivity contribution in [1.29, 1.82) is 0 Å². The lowest BCUT2D eigenvalue weighted by Crippen LogP contribution is -2.32. The fourth-order valence-corrected chi connectivity index (χ4v) is 3.12. The lowest BCUT2D eigenvalue weighted by atomic mass is 10.2. The van der Waals surface area contributed by atoms with E-state index in [1.165, 1.54) is 6.07 Å². The first kappa shape index (κ1) is 16.6. The third-order valence-electron chi connectivity index (χ3n) is 2.52. The highest BCUT2D eigenvalue weighted by atomic mass is 35.7. The van der Waals surface area contributed by atoms with E-state index < -0.39 is 15.0 Å². The predicted molar refractivity (Wildman–Crippen MR) is 76.7 cm³/mol. The molecule has 4 nitrogen and oxygen atoms in total. The van der Waals surface area contributed by atoms with E-state index in [1.54, 1.807) is 0 Å². The second-order valence-corrected chi connectivity index (χ2v) is 7.33. The van der Waals surface area contributed by atoms with Crippen LogP contribution in [0.4, 0.5) is 0 Å². The van der Waals surface area contributed by atoms with Crippen molar-refractivity contribution in [3.63, 3.8) is 0 Å². The van der Waals surface area contributed by atoms with Crippen molar-refractivity contribution in [2.75, 3.05) is 0 Å². The first-order valence-corrected chi connectivity index (χ1v) is 8.48. The Morgan fingerprint density at radius 2 is 1.89 bits per heavy atom. The molecule has 0 aromatic heterocycles. The molecule has 0 aliphatic rings. The Morgan fingerprint density at radius 1 is 1.32 bits per heavy atom. The van der Waals surface area contributed by atoms with Gasteiger partial charge in [-0.1, -0.05) is 30.1 Å². The molecule has 0 heterocycles. The summed E-state index contributed by atoms with van der Waals surface area (Å²) in [5.41, 5.74) is 0.0191. The monoisotopic (exact) mass is 343 g/mol. The Morgan fingerprint density at radius 3 is 2.37 bits per heavy atom. The molecule has 0 bridgehead atoms. The van der Waals surface area contributed by atoms with Gasteiger partial charge in [-0.05, 0) is 25.5 Å². The van der Waals surface area contributed by atoms with Gasteiger partial charge in [-0.3, -0.25) is 4.79 Å². The number of carbonyl (C=O) groups is 1. The lowest BCUT2D eigenvalue weighted by Gasteiger charge is -2.13. The molecule has 0 spiro atoms. The highest BCUT2D eigenvalue weighted by Gasteiger charge is 2.21. The summed E-state index contributed by atoms with van der Waals surface area (Å²) < 4.78 is 22.6. The van der Waals surface area contributed by atoms with Gasteiger partial charge in [0.1, 0.15) is 4.90 Å². The van der Waals surface area contributed by atoms with Crippen LogP contribution in [0.5, 0.6) is 0 Å². The Labute approximate surface area is 126 Å². The van der Waals surface area contributed by atoms with Crippen LogP contribution < -0.4 is 5.32 Å². The Hall–Kier alpha value is -0.490. The molecule has 0 saturated heterocycles. The largest absolute Gasteiger partial charge is 0.350 e. The summed E-state index contributed by atoms with van der Waals surface area (Å²) >= 11 is 11.6. The molecule has 106 valence electrons. The number of amides is 1. The van der Waals surface area contributed by atoms with Gasteiger partial charge in [0.05, 0.1) is 15.6 Å². The average Bonchev–Trinajstić information content (AvgIpc) is 2.26. The minimum atomic E-state index is -4.04. The lowest BCUT2D eigenvalue weighted by molar-refractivity contribution is 0.0939. The molecular formula is C11H12Cl3NO3S. The summed E-state index contributed by atoms with van der Waals surface area (Å²) in [4.78, 5) is 11.6. The standard InChI is InChI=1S/C11H12Cl3NO3S/c1-3-6(2)15-11(16)7-4-10(19(14,17)18)9(13)5-8(7)12/h4-6H,3H2,1-2H3,(H,15,16). The number of hydrogen-bond donors (Lipinski definition) is 1. The van der Waals surface area contributed by atoms with Crippen LogP contribution in [0.1, 0.15) is 30.6 Å². The van der Waals surface area contributed by atoms with Gasteiger partial charge in [0.2, 0.25) is 0 Å². The van der Waals surface area contributed by atoms with Crippen molar-refractivity contribution in [3.05, 3.63) is 27.7 Å². The van der Waals surface area contributed by atoms with Crippen molar-refractivity contribution >= 4 is 48.8 Å². The topological polar surface area (TPSA) is 63.2 Å². The zero-order valence-electron chi connectivity index (χ0n) is 10.2. The predicted octanol–water partition coefficient (Wildman–Crippen LogP) is 3.45. The molecule has 1 unspecified atom stereocenters. The number of nitrogens with one attached hydrogen (secondary N) is 1. The van der Waals surface area contributed by atoms with Gasteiger partial charge in [0.15, 0.2) is 0 Å². The van der Waals surface area contributed by atoms with Crippen LogP contribution in [0.15, 0.2) is 17.0 Å². The van der Waals surface area contributed by atoms with E-state index >= 15 is 0 Å². The Balaban J connectivity index is 3.26. The summed E-state index contributed by atoms with van der Waals surface area (Å²) in [6.07, 6.45) is 0.734. The zero-order chi connectivity index (χ0) is 14.8. The van der Waals surface area contributed by atoms with Crippen molar-refractivity contribution in [3.8, 4) is 0 Å². The minimum absolute atomic E-state index is 0.0191. The normalized spacial score (nSPS) is 13.1. The van der Waals surface area contributed by atoms with Crippen LogP contribution in [0, 0.1) is 0 Å². The molecule has 1 atom stereocenters. The average molecular weight is 345 g/mol. The second kappa shape index (κ2) is 6.31. The highest BCUT2D eigenvalue weighted by molar-refractivity contribution is 8.13. The fraction of sp³-hybridized carbons (Fsp3) is 0.364. The van der Waals surface area contributed by atoms with E-state index in [-0.39, 0.29) is 26.5 Å². The van der Waals surface area contributed by atoms with Crippen LogP contribution in [0.2, 0.25) is 10.0 Å². The molecule has 8 heteroatoms. The third kappa shape index (κ3) is 4.24. The van der Waals surface area contributed by atoms with E-state index in [9.17, 15) is 13.2 Å². The Kier molecular flexibility index (Phi) is 5.50. The van der Waals surface area contributed by atoms with Gasteiger partial charge in [0.25, 0.3) is 15.0 Å². The fourth-order valence-electron chi connectivity index (χ4n) is 1.29. The Bertz CT molecular complexity index is 601. The molecule has 0 radical (unpaired) electrons. The molecule has 0 fully saturated rings. The highest BCUT2D eigenvalue weighted by Crippen LogP contribution is 2.30. The molecule has 0 aliphatic heterocycles. The van der Waals surface area contributed by atoms with Gasteiger partial charge in [-0.15, -0.1) is 0 Å². The van der Waals surface area contributed by atoms with E-state index in [4.69, 9.17) is 33.9 Å². The maximum absolute atomic E-state index is 11.9. The van der Waals surface area contributed by atoms with E-state index in [2.05, 4.69) is 5.32 Å². The van der Waals surface area contributed by atoms with E-state index in [0.29, 0.717) is 0 Å². The maximum Gasteiger partial charge on any atom is 0.262 e. The molecule has 1 N–H and O–H groups in total. The molecule has 1 amide bonds. The van der Waals surface area contributed by atoms with Gasteiger partial charge >= 0.3 is 0 Å². The molecule has 19 heavy (non-hydrogen) atoms. The van der Waals surface area contributed by atoms with Crippen LogP contribution >= 0.6 is 33.9 Å². The summed E-state index contributed by atoms with van der Waals surface area (Å²) in [6, 6.07) is 2.20. The molecule has 1 aromatic rings. The number of hydrogen-bond acceptors (Lipinski definition) is 3. The summed E-state index contributed by atoms with van der Waals surface area (Å²) in [6.45, 7) is 3.73. The van der Waals surface area contributed by atoms with E-state index in [0.717, 1.165) is 12.5 Å². The van der Waals surface area contributed by atoms with Crippen LogP contribution in [-0.4, -0.2) is 20.4 Å². The second-order valence-electron chi connectivity index (χ2n) is 3.98. The summed E-state index contributed by atoms with van der Waals surface area (Å²) in [5, 5.41) is 2.62. The number of carbonyl (C=O) groups excluding carboxylic acids is 1. The minimum Gasteiger partial charge on any atom is -0.350 e. The van der Waals surface area contributed by atoms with Gasteiger partial charge in [-0.25, -0.2) is 8.42 Å². The molecule has 0 saturated carbocycles. The van der Waals surface area contributed by atoms with E-state index in [1.807, 2.05) is 13.8 Å². The van der Waals surface area contributed by atoms with Crippen LogP contribution in [0.3, 0.4) is 0 Å². The smallest absolute Gasteiger partial charge is 0.262 e. The van der Waals surface area contributed by atoms with Crippen molar-refractivity contribution in [2.24, 2.45) is 0 Å². The summed E-state index contributed by atoms with van der Waals surface area (Å²) in [7, 11) is 1.20. The SMILES string of the molecule is CCC(C)NC(=O)c1cc(S(=O)(=O)Cl)c(Cl)cc1Cl. The first-order chi connectivity index (χ1) is 8.66. The molecule has 1 aromatic carbocycles. The van der Waals surface area contributed by atoms with Crippen molar-refractivity contribution in [2.45, 2.75) is 31.2 Å². The van der Waals surface area contributed by atoms with Gasteiger partial charge in [0, 0.05) is 16.7 Å². The first-order valence-electron chi connectivity index (χ1n) is 5.41. The van der Waals surface area contributed by atoms with Gasteiger partial charge < -0.3 is 5.32 Å². The van der Waals surface area contributed by atoms with Crippen molar-refractivity contribution in [1.82, 2.24) is 5.32 Å². The third-order valence-corrected chi connectivity index (χ3v) is 4.62. The van der Waals surface area contributed by atoms with Crippen LogP contribution in [-0.2, 0) is 9.05 Å². The number of rotatable bonds is 4. The van der Waals surface area contributed by atoms with Crippen molar-refractivity contribution < 1.29 is 13.2 Å². The maximum atomic E-state index is 11.9. The van der Waals surface area contributed by atoms with Crippen LogP contribution in [0.25, 0.3) is 0 Å². The molecule has 0 aliphatic carbocycles. The number of benzene rings is 1. The number of halogens is 3. The van der Waals surface area contributed by atoms with Gasteiger partial charge in [-0.2, -0.15) is 0 Å². The molecular weight excluding hydrogens is 333 g/mol.